The fourth-order valence-corrected chi connectivity index (χ4v) is 8.28. The van der Waals surface area contributed by atoms with Crippen molar-refractivity contribution in [3.05, 3.63) is 60.7 Å². The van der Waals surface area contributed by atoms with Gasteiger partial charge in [-0.3, -0.25) is 4.79 Å². The van der Waals surface area contributed by atoms with Crippen molar-refractivity contribution in [2.24, 2.45) is 5.92 Å². The van der Waals surface area contributed by atoms with Gasteiger partial charge in [-0.25, -0.2) is 0 Å². The second-order valence-corrected chi connectivity index (χ2v) is 11.9. The maximum Gasteiger partial charge on any atom is 0.311 e. The molecule has 0 amide bonds. The molecule has 0 aliphatic carbocycles. The standard InChI is InChI=1S/C21H26O3Si/c1-21(2,3)25(18-10-6-4-7-11-18,19-12-8-5-9-13-19)24-16-17-14-15-23-20(17)22/h4-13,17H,14-16H2,1-3H3. The van der Waals surface area contributed by atoms with E-state index in [-0.39, 0.29) is 16.9 Å². The average molecular weight is 355 g/mol. The highest BCUT2D eigenvalue weighted by molar-refractivity contribution is 6.99. The molecule has 1 fully saturated rings. The van der Waals surface area contributed by atoms with Crippen LogP contribution in [-0.2, 0) is 14.0 Å². The Kier molecular flexibility index (Phi) is 5.11. The van der Waals surface area contributed by atoms with Crippen molar-refractivity contribution in [2.45, 2.75) is 32.2 Å². The Bertz CT molecular complexity index is 667. The summed E-state index contributed by atoms with van der Waals surface area (Å²) >= 11 is 0. The summed E-state index contributed by atoms with van der Waals surface area (Å²) in [6, 6.07) is 21.0. The number of esters is 1. The highest BCUT2D eigenvalue weighted by Crippen LogP contribution is 2.37. The van der Waals surface area contributed by atoms with Gasteiger partial charge < -0.3 is 9.16 Å². The van der Waals surface area contributed by atoms with E-state index in [2.05, 4.69) is 69.3 Å². The van der Waals surface area contributed by atoms with Gasteiger partial charge in [0.1, 0.15) is 0 Å². The normalized spacial score (nSPS) is 18.2. The van der Waals surface area contributed by atoms with Crippen LogP contribution in [0.4, 0.5) is 0 Å². The van der Waals surface area contributed by atoms with Crippen molar-refractivity contribution in [1.82, 2.24) is 0 Å². The number of hydrogen-bond donors (Lipinski definition) is 0. The lowest BCUT2D eigenvalue weighted by Gasteiger charge is -2.43. The van der Waals surface area contributed by atoms with E-state index in [0.717, 1.165) is 6.42 Å². The van der Waals surface area contributed by atoms with Crippen LogP contribution in [0.1, 0.15) is 27.2 Å². The van der Waals surface area contributed by atoms with E-state index in [9.17, 15) is 4.79 Å². The van der Waals surface area contributed by atoms with E-state index in [1.807, 2.05) is 12.1 Å². The van der Waals surface area contributed by atoms with Crippen molar-refractivity contribution in [1.29, 1.82) is 0 Å². The third-order valence-corrected chi connectivity index (χ3v) is 9.97. The topological polar surface area (TPSA) is 35.5 Å². The predicted molar refractivity (Wildman–Crippen MR) is 103 cm³/mol. The first kappa shape index (κ1) is 17.9. The number of carbonyl (C=O) groups excluding carboxylic acids is 1. The summed E-state index contributed by atoms with van der Waals surface area (Å²) < 4.78 is 11.9. The fourth-order valence-electron chi connectivity index (χ4n) is 3.68. The molecule has 1 aliphatic rings. The van der Waals surface area contributed by atoms with Crippen molar-refractivity contribution in [3.8, 4) is 0 Å². The van der Waals surface area contributed by atoms with Crippen molar-refractivity contribution in [3.63, 3.8) is 0 Å². The first-order valence-electron chi connectivity index (χ1n) is 8.87. The lowest BCUT2D eigenvalue weighted by Crippen LogP contribution is -2.67. The zero-order valence-electron chi connectivity index (χ0n) is 15.2. The minimum absolute atomic E-state index is 0.0712. The summed E-state index contributed by atoms with van der Waals surface area (Å²) in [5.74, 6) is -0.278. The molecule has 2 aromatic rings. The zero-order chi connectivity index (χ0) is 17.9. The van der Waals surface area contributed by atoms with E-state index in [1.165, 1.54) is 10.4 Å². The van der Waals surface area contributed by atoms with Crippen LogP contribution in [0, 0.1) is 5.92 Å². The van der Waals surface area contributed by atoms with Crippen molar-refractivity contribution < 1.29 is 14.0 Å². The average Bonchev–Trinajstić information content (AvgIpc) is 3.01. The monoisotopic (exact) mass is 354 g/mol. The molecule has 0 radical (unpaired) electrons. The van der Waals surface area contributed by atoms with Gasteiger partial charge in [0.25, 0.3) is 8.32 Å². The van der Waals surface area contributed by atoms with Crippen LogP contribution in [-0.4, -0.2) is 27.5 Å². The number of ether oxygens (including phenoxy) is 1. The van der Waals surface area contributed by atoms with Gasteiger partial charge in [-0.1, -0.05) is 81.4 Å². The number of cyclic esters (lactones) is 1. The Balaban J connectivity index is 2.07. The third kappa shape index (κ3) is 3.41. The van der Waals surface area contributed by atoms with Crippen molar-refractivity contribution >= 4 is 24.7 Å². The minimum atomic E-state index is -2.55. The molecule has 25 heavy (non-hydrogen) atoms. The van der Waals surface area contributed by atoms with Crippen LogP contribution in [0.15, 0.2) is 60.7 Å². The largest absolute Gasteiger partial charge is 0.465 e. The molecule has 1 heterocycles. The summed E-state index contributed by atoms with van der Waals surface area (Å²) in [6.45, 7) is 7.66. The molecule has 1 unspecified atom stereocenters. The van der Waals surface area contributed by atoms with Crippen LogP contribution in [0.25, 0.3) is 0 Å². The maximum atomic E-state index is 11.9. The molecule has 0 N–H and O–H groups in total. The Morgan fingerprint density at radius 1 is 1.00 bits per heavy atom. The molecule has 0 saturated carbocycles. The molecule has 3 nitrogen and oxygen atoms in total. The molecular formula is C21H26O3Si. The SMILES string of the molecule is CC(C)(C)[Si](OCC1CCOC1=O)(c1ccccc1)c1ccccc1. The fraction of sp³-hybridized carbons (Fsp3) is 0.381. The van der Waals surface area contributed by atoms with Gasteiger partial charge >= 0.3 is 5.97 Å². The van der Waals surface area contributed by atoms with Crippen LogP contribution >= 0.6 is 0 Å². The summed E-state index contributed by atoms with van der Waals surface area (Å²) in [5, 5.41) is 2.40. The first-order valence-corrected chi connectivity index (χ1v) is 10.8. The van der Waals surface area contributed by atoms with Crippen LogP contribution in [0.5, 0.6) is 0 Å². The summed E-state index contributed by atoms with van der Waals surface area (Å²) in [5.41, 5.74) is 0. The van der Waals surface area contributed by atoms with Gasteiger partial charge in [-0.15, -0.1) is 0 Å². The highest BCUT2D eigenvalue weighted by Gasteiger charge is 2.50. The van der Waals surface area contributed by atoms with Gasteiger partial charge in [0.15, 0.2) is 0 Å². The quantitative estimate of drug-likeness (QED) is 0.611. The summed E-state index contributed by atoms with van der Waals surface area (Å²) in [7, 11) is -2.55. The van der Waals surface area contributed by atoms with Gasteiger partial charge in [0.05, 0.1) is 12.5 Å². The predicted octanol–water partition coefficient (Wildman–Crippen LogP) is 3.13. The number of carbonyl (C=O) groups is 1. The van der Waals surface area contributed by atoms with E-state index < -0.39 is 8.32 Å². The van der Waals surface area contributed by atoms with Gasteiger partial charge in [0, 0.05) is 6.61 Å². The Labute approximate surface area is 151 Å². The van der Waals surface area contributed by atoms with E-state index >= 15 is 0 Å². The van der Waals surface area contributed by atoms with E-state index in [4.69, 9.17) is 9.16 Å². The van der Waals surface area contributed by atoms with Crippen LogP contribution in [0.3, 0.4) is 0 Å². The van der Waals surface area contributed by atoms with Gasteiger partial charge in [0.2, 0.25) is 0 Å². The maximum absolute atomic E-state index is 11.9. The second-order valence-electron chi connectivity index (χ2n) is 7.63. The van der Waals surface area contributed by atoms with E-state index in [0.29, 0.717) is 13.2 Å². The number of hydrogen-bond acceptors (Lipinski definition) is 3. The van der Waals surface area contributed by atoms with Crippen LogP contribution in [0.2, 0.25) is 5.04 Å². The Hall–Kier alpha value is -1.91. The smallest absolute Gasteiger partial charge is 0.311 e. The molecule has 0 spiro atoms. The lowest BCUT2D eigenvalue weighted by atomic mass is 10.1. The Morgan fingerprint density at radius 3 is 1.92 bits per heavy atom. The second kappa shape index (κ2) is 7.14. The molecule has 0 aromatic heterocycles. The molecule has 1 atom stereocenters. The zero-order valence-corrected chi connectivity index (χ0v) is 16.2. The van der Waals surface area contributed by atoms with Crippen molar-refractivity contribution in [2.75, 3.05) is 13.2 Å². The lowest BCUT2D eigenvalue weighted by molar-refractivity contribution is -0.141. The molecule has 132 valence electrons. The molecule has 1 saturated heterocycles. The molecule has 4 heteroatoms. The molecular weight excluding hydrogens is 328 g/mol. The molecule has 1 aliphatic heterocycles. The number of benzene rings is 2. The van der Waals surface area contributed by atoms with Crippen LogP contribution < -0.4 is 10.4 Å². The van der Waals surface area contributed by atoms with Gasteiger partial charge in [-0.05, 0) is 21.8 Å². The molecule has 0 bridgehead atoms. The Morgan fingerprint density at radius 2 is 1.52 bits per heavy atom. The summed E-state index contributed by atoms with van der Waals surface area (Å²) in [6.07, 6.45) is 0.747. The third-order valence-electron chi connectivity index (χ3n) is 4.96. The highest BCUT2D eigenvalue weighted by atomic mass is 28.4. The van der Waals surface area contributed by atoms with Gasteiger partial charge in [-0.2, -0.15) is 0 Å². The molecule has 3 rings (SSSR count). The minimum Gasteiger partial charge on any atom is -0.465 e. The first-order chi connectivity index (χ1) is 11.9. The van der Waals surface area contributed by atoms with E-state index in [1.54, 1.807) is 0 Å². The summed E-state index contributed by atoms with van der Waals surface area (Å²) in [4.78, 5) is 11.9. The number of rotatable bonds is 5. The molecule has 2 aromatic carbocycles.